The summed E-state index contributed by atoms with van der Waals surface area (Å²) >= 11 is 0. The Morgan fingerprint density at radius 1 is 1.24 bits per heavy atom. The van der Waals surface area contributed by atoms with Crippen LogP contribution in [0.3, 0.4) is 0 Å². The van der Waals surface area contributed by atoms with Gasteiger partial charge in [-0.2, -0.15) is 0 Å². The standard InChI is InChI=1S/C15H23NO/c1-11(12-8-6-5-7-9-12)16-10-13(16)14(17)15(2,3)4/h5-9,11,13-14,17H,10H2,1-4H3/t11-,13+,14-,16?/m0/s1. The lowest BCUT2D eigenvalue weighted by Gasteiger charge is -2.27. The lowest BCUT2D eigenvalue weighted by molar-refractivity contribution is 0.0476. The van der Waals surface area contributed by atoms with Crippen LogP contribution >= 0.6 is 0 Å². The predicted molar refractivity (Wildman–Crippen MR) is 70.8 cm³/mol. The van der Waals surface area contributed by atoms with Crippen molar-refractivity contribution in [3.63, 3.8) is 0 Å². The number of aliphatic hydroxyl groups excluding tert-OH is 1. The Kier molecular flexibility index (Phi) is 3.28. The molecule has 1 N–H and O–H groups in total. The summed E-state index contributed by atoms with van der Waals surface area (Å²) < 4.78 is 0. The van der Waals surface area contributed by atoms with Gasteiger partial charge in [0.05, 0.1) is 6.10 Å². The Hall–Kier alpha value is -0.860. The second kappa shape index (κ2) is 4.43. The van der Waals surface area contributed by atoms with E-state index in [0.29, 0.717) is 12.1 Å². The van der Waals surface area contributed by atoms with Gasteiger partial charge in [0, 0.05) is 18.6 Å². The lowest BCUT2D eigenvalue weighted by Crippen LogP contribution is -2.33. The molecule has 1 unspecified atom stereocenters. The van der Waals surface area contributed by atoms with Crippen molar-refractivity contribution in [2.45, 2.75) is 45.9 Å². The van der Waals surface area contributed by atoms with E-state index in [4.69, 9.17) is 0 Å². The zero-order valence-electron chi connectivity index (χ0n) is 11.2. The smallest absolute Gasteiger partial charge is 0.0756 e. The Bertz CT molecular complexity index is 368. The maximum absolute atomic E-state index is 10.3. The van der Waals surface area contributed by atoms with Gasteiger partial charge in [0.1, 0.15) is 0 Å². The van der Waals surface area contributed by atoms with Gasteiger partial charge in [-0.1, -0.05) is 51.1 Å². The summed E-state index contributed by atoms with van der Waals surface area (Å²) in [5.74, 6) is 0. The fraction of sp³-hybridized carbons (Fsp3) is 0.600. The number of hydrogen-bond donors (Lipinski definition) is 1. The molecule has 1 heterocycles. The molecule has 1 aromatic rings. The van der Waals surface area contributed by atoms with E-state index >= 15 is 0 Å². The summed E-state index contributed by atoms with van der Waals surface area (Å²) in [6, 6.07) is 11.2. The van der Waals surface area contributed by atoms with Crippen LogP contribution in [0.2, 0.25) is 0 Å². The lowest BCUT2D eigenvalue weighted by atomic mass is 9.87. The van der Waals surface area contributed by atoms with E-state index < -0.39 is 0 Å². The quantitative estimate of drug-likeness (QED) is 0.811. The molecule has 0 saturated carbocycles. The van der Waals surface area contributed by atoms with Crippen molar-refractivity contribution < 1.29 is 5.11 Å². The van der Waals surface area contributed by atoms with E-state index in [2.05, 4.69) is 56.9 Å². The third kappa shape index (κ3) is 2.70. The predicted octanol–water partition coefficient (Wildman–Crippen LogP) is 2.84. The zero-order valence-corrected chi connectivity index (χ0v) is 11.2. The number of aliphatic hydroxyl groups is 1. The molecular weight excluding hydrogens is 210 g/mol. The average Bonchev–Trinajstić information content (AvgIpc) is 3.07. The summed E-state index contributed by atoms with van der Waals surface area (Å²) in [7, 11) is 0. The third-order valence-electron chi connectivity index (χ3n) is 3.72. The molecule has 4 atom stereocenters. The molecule has 2 heteroatoms. The Labute approximate surface area is 104 Å². The Morgan fingerprint density at radius 2 is 1.82 bits per heavy atom. The van der Waals surface area contributed by atoms with Gasteiger partial charge in [-0.3, -0.25) is 4.90 Å². The molecule has 94 valence electrons. The van der Waals surface area contributed by atoms with Crippen LogP contribution in [0.1, 0.15) is 39.3 Å². The molecule has 0 radical (unpaired) electrons. The molecule has 1 fully saturated rings. The minimum absolute atomic E-state index is 0.0319. The van der Waals surface area contributed by atoms with Crippen molar-refractivity contribution in [1.29, 1.82) is 0 Å². The van der Waals surface area contributed by atoms with Gasteiger partial charge in [0.2, 0.25) is 0 Å². The first-order valence-corrected chi connectivity index (χ1v) is 6.40. The van der Waals surface area contributed by atoms with Crippen molar-refractivity contribution in [2.24, 2.45) is 5.41 Å². The van der Waals surface area contributed by atoms with Gasteiger partial charge in [-0.25, -0.2) is 0 Å². The molecule has 2 rings (SSSR count). The van der Waals surface area contributed by atoms with E-state index in [9.17, 15) is 5.11 Å². The highest BCUT2D eigenvalue weighted by Crippen LogP contribution is 2.38. The van der Waals surface area contributed by atoms with Crippen molar-refractivity contribution in [3.8, 4) is 0 Å². The van der Waals surface area contributed by atoms with Gasteiger partial charge in [0.15, 0.2) is 0 Å². The molecule has 0 spiro atoms. The monoisotopic (exact) mass is 233 g/mol. The minimum atomic E-state index is -0.242. The summed E-state index contributed by atoms with van der Waals surface area (Å²) in [5, 5.41) is 10.3. The van der Waals surface area contributed by atoms with Crippen LogP contribution in [-0.2, 0) is 0 Å². The fourth-order valence-corrected chi connectivity index (χ4v) is 2.40. The highest BCUT2D eigenvalue weighted by Gasteiger charge is 2.46. The Morgan fingerprint density at radius 3 is 2.35 bits per heavy atom. The van der Waals surface area contributed by atoms with E-state index in [-0.39, 0.29) is 11.5 Å². The summed E-state index contributed by atoms with van der Waals surface area (Å²) in [6.45, 7) is 9.52. The molecule has 1 aliphatic heterocycles. The van der Waals surface area contributed by atoms with Gasteiger partial charge in [-0.15, -0.1) is 0 Å². The van der Waals surface area contributed by atoms with Crippen molar-refractivity contribution in [1.82, 2.24) is 4.90 Å². The number of nitrogens with zero attached hydrogens (tertiary/aromatic N) is 1. The number of hydrogen-bond acceptors (Lipinski definition) is 2. The van der Waals surface area contributed by atoms with Crippen LogP contribution in [0.5, 0.6) is 0 Å². The maximum Gasteiger partial charge on any atom is 0.0756 e. The highest BCUT2D eigenvalue weighted by atomic mass is 16.3. The second-order valence-corrected chi connectivity index (χ2v) is 6.16. The first kappa shape index (κ1) is 12.6. The van der Waals surface area contributed by atoms with Crippen molar-refractivity contribution in [3.05, 3.63) is 35.9 Å². The first-order chi connectivity index (χ1) is 7.91. The van der Waals surface area contributed by atoms with Gasteiger partial charge >= 0.3 is 0 Å². The molecule has 1 saturated heterocycles. The maximum atomic E-state index is 10.3. The van der Waals surface area contributed by atoms with Crippen molar-refractivity contribution >= 4 is 0 Å². The van der Waals surface area contributed by atoms with Crippen LogP contribution < -0.4 is 0 Å². The SMILES string of the molecule is C[C@@H](c1ccccc1)N1C[C@@H]1[C@H](O)C(C)(C)C. The molecule has 0 aliphatic carbocycles. The molecule has 2 nitrogen and oxygen atoms in total. The second-order valence-electron chi connectivity index (χ2n) is 6.16. The van der Waals surface area contributed by atoms with Crippen LogP contribution in [0.4, 0.5) is 0 Å². The third-order valence-corrected chi connectivity index (χ3v) is 3.72. The largest absolute Gasteiger partial charge is 0.391 e. The topological polar surface area (TPSA) is 23.2 Å². The summed E-state index contributed by atoms with van der Waals surface area (Å²) in [6.07, 6.45) is -0.242. The van der Waals surface area contributed by atoms with Crippen LogP contribution in [0, 0.1) is 5.41 Å². The molecule has 0 bridgehead atoms. The summed E-state index contributed by atoms with van der Waals surface area (Å²) in [5.41, 5.74) is 1.30. The first-order valence-electron chi connectivity index (χ1n) is 6.40. The van der Waals surface area contributed by atoms with Crippen LogP contribution in [0.25, 0.3) is 0 Å². The van der Waals surface area contributed by atoms with E-state index in [1.807, 2.05) is 6.07 Å². The van der Waals surface area contributed by atoms with Gasteiger partial charge < -0.3 is 5.11 Å². The minimum Gasteiger partial charge on any atom is -0.391 e. The number of benzene rings is 1. The average molecular weight is 233 g/mol. The van der Waals surface area contributed by atoms with Crippen LogP contribution in [0.15, 0.2) is 30.3 Å². The molecule has 17 heavy (non-hydrogen) atoms. The molecule has 1 aliphatic rings. The van der Waals surface area contributed by atoms with Crippen LogP contribution in [-0.4, -0.2) is 28.7 Å². The fourth-order valence-electron chi connectivity index (χ4n) is 2.40. The molecular formula is C15H23NO. The molecule has 0 aromatic heterocycles. The van der Waals surface area contributed by atoms with Crippen molar-refractivity contribution in [2.75, 3.05) is 6.54 Å². The Balaban J connectivity index is 2.00. The number of rotatable bonds is 3. The molecule has 0 amide bonds. The van der Waals surface area contributed by atoms with E-state index in [0.717, 1.165) is 6.54 Å². The highest BCUT2D eigenvalue weighted by molar-refractivity contribution is 5.20. The zero-order chi connectivity index (χ0) is 12.6. The van der Waals surface area contributed by atoms with E-state index in [1.165, 1.54) is 5.56 Å². The van der Waals surface area contributed by atoms with Gasteiger partial charge in [-0.05, 0) is 17.9 Å². The normalized spacial score (nSPS) is 27.6. The van der Waals surface area contributed by atoms with Gasteiger partial charge in [0.25, 0.3) is 0 Å². The van der Waals surface area contributed by atoms with E-state index in [1.54, 1.807) is 0 Å². The molecule has 1 aromatic carbocycles. The summed E-state index contributed by atoms with van der Waals surface area (Å²) in [4.78, 5) is 2.37.